The number of halogens is 4. The van der Waals surface area contributed by atoms with Gasteiger partial charge in [0.05, 0.1) is 18.6 Å². The van der Waals surface area contributed by atoms with Crippen molar-refractivity contribution in [3.8, 4) is 5.88 Å². The molecule has 2 amide bonds. The summed E-state index contributed by atoms with van der Waals surface area (Å²) in [5, 5.41) is 19.5. The smallest absolute Gasteiger partial charge is 0.419 e. The van der Waals surface area contributed by atoms with Crippen LogP contribution in [0.2, 0.25) is 0 Å². The van der Waals surface area contributed by atoms with Crippen LogP contribution in [0.5, 0.6) is 5.88 Å². The maximum absolute atomic E-state index is 14.1. The number of carbonyl (C=O) groups is 2. The zero-order valence-electron chi connectivity index (χ0n) is 26.3. The fourth-order valence-electron chi connectivity index (χ4n) is 8.32. The van der Waals surface area contributed by atoms with Crippen LogP contribution in [0.1, 0.15) is 66.4 Å². The Hall–Kier alpha value is -4.20. The lowest BCUT2D eigenvalue weighted by atomic mass is 9.83. The van der Waals surface area contributed by atoms with Gasteiger partial charge in [-0.2, -0.15) is 13.2 Å². The van der Waals surface area contributed by atoms with E-state index in [1.165, 1.54) is 13.3 Å². The van der Waals surface area contributed by atoms with E-state index in [-0.39, 0.29) is 47.7 Å². The van der Waals surface area contributed by atoms with Crippen molar-refractivity contribution in [3.63, 3.8) is 0 Å². The normalized spacial score (nSPS) is 28.8. The van der Waals surface area contributed by atoms with Crippen molar-refractivity contribution in [2.45, 2.75) is 63.4 Å². The van der Waals surface area contributed by atoms with Crippen molar-refractivity contribution in [1.82, 2.24) is 15.2 Å². The number of amides is 2. The molecule has 6 atom stereocenters. The number of rotatable bonds is 8. The first-order valence-electron chi connectivity index (χ1n) is 16.4. The molecule has 3 N–H and O–H groups in total. The summed E-state index contributed by atoms with van der Waals surface area (Å²) in [5.74, 6) is -2.65. The lowest BCUT2D eigenvalue weighted by Gasteiger charge is -2.30. The van der Waals surface area contributed by atoms with Gasteiger partial charge in [-0.05, 0) is 61.8 Å². The van der Waals surface area contributed by atoms with Crippen LogP contribution < -0.4 is 15.4 Å². The summed E-state index contributed by atoms with van der Waals surface area (Å²) < 4.78 is 59.7. The van der Waals surface area contributed by atoms with Crippen molar-refractivity contribution >= 4 is 23.3 Å². The first-order valence-corrected chi connectivity index (χ1v) is 16.4. The second kappa shape index (κ2) is 12.7. The molecule has 10 nitrogen and oxygen atoms in total. The van der Waals surface area contributed by atoms with Crippen LogP contribution in [-0.4, -0.2) is 65.2 Å². The number of aliphatic hydroxyl groups excluding tert-OH is 1. The molecule has 256 valence electrons. The summed E-state index contributed by atoms with van der Waals surface area (Å²) in [6, 6.07) is 3.33. The van der Waals surface area contributed by atoms with Crippen LogP contribution in [0.25, 0.3) is 0 Å². The zero-order chi connectivity index (χ0) is 33.7. The number of fused-ring (bicyclic) bond motifs is 3. The molecule has 5 aliphatic rings. The van der Waals surface area contributed by atoms with Crippen LogP contribution in [0, 0.1) is 35.4 Å². The van der Waals surface area contributed by atoms with E-state index in [0.29, 0.717) is 48.8 Å². The molecule has 4 fully saturated rings. The molecule has 1 aromatic heterocycles. The molecule has 14 heteroatoms. The van der Waals surface area contributed by atoms with Gasteiger partial charge in [0.15, 0.2) is 5.84 Å². The molecule has 3 heterocycles. The van der Waals surface area contributed by atoms with Crippen LogP contribution >= 0.6 is 0 Å². The van der Waals surface area contributed by atoms with E-state index in [1.807, 2.05) is 4.90 Å². The fourth-order valence-corrected chi connectivity index (χ4v) is 8.32. The van der Waals surface area contributed by atoms with E-state index in [2.05, 4.69) is 26.8 Å². The number of aliphatic hydroxyl groups is 1. The molecule has 1 aromatic carbocycles. The number of benzene rings is 1. The largest absolute Gasteiger partial charge is 0.480 e. The van der Waals surface area contributed by atoms with Crippen molar-refractivity contribution in [2.24, 2.45) is 34.7 Å². The lowest BCUT2D eigenvalue weighted by molar-refractivity contribution is -0.140. The second-order valence-electron chi connectivity index (χ2n) is 13.4. The number of oxime groups is 1. The minimum atomic E-state index is -4.93. The summed E-state index contributed by atoms with van der Waals surface area (Å²) in [5.41, 5.74) is 0.101. The summed E-state index contributed by atoms with van der Waals surface area (Å²) in [7, 11) is 1.39. The maximum Gasteiger partial charge on any atom is 0.419 e. The van der Waals surface area contributed by atoms with Gasteiger partial charge in [-0.1, -0.05) is 29.6 Å². The molecule has 2 aromatic rings. The van der Waals surface area contributed by atoms with E-state index in [1.54, 1.807) is 6.07 Å². The molecule has 48 heavy (non-hydrogen) atoms. The molecule has 2 bridgehead atoms. The number of alkyl halides is 3. The minimum Gasteiger partial charge on any atom is -0.480 e. The number of methoxy groups -OCH3 is 1. The Morgan fingerprint density at radius 2 is 1.92 bits per heavy atom. The number of allylic oxidation sites excluding steroid dienone is 1. The highest BCUT2D eigenvalue weighted by atomic mass is 19.4. The standard InChI is InChI=1S/C34H37F4N5O5/c1-47-33-24(12-19(14-39-33)30-42-48-27-11-18(16-44)15-43(27)30)31(45)41-29-22-8-7-21(23(22)10-17-4-2-3-5-17)28(29)32(46)40-20-6-9-26(35)25(13-20)34(36,37)38/h6,9-10,12-14,17-18,21-22,27-29,44H,2-5,7-8,11,15-16H2,1H3,(H,40,46)(H,41,45)/b23-10-/t18-,21-,22+,27+,28-,29+/m0/s1. The molecule has 0 spiro atoms. The maximum atomic E-state index is 14.1. The van der Waals surface area contributed by atoms with Gasteiger partial charge in [-0.15, -0.1) is 0 Å². The Morgan fingerprint density at radius 3 is 2.65 bits per heavy atom. The number of carbonyl (C=O) groups excluding carboxylic acids is 2. The summed E-state index contributed by atoms with van der Waals surface area (Å²) in [4.78, 5) is 39.8. The molecule has 3 aliphatic carbocycles. The molecule has 0 unspecified atom stereocenters. The van der Waals surface area contributed by atoms with Crippen LogP contribution in [0.4, 0.5) is 23.2 Å². The summed E-state index contributed by atoms with van der Waals surface area (Å²) >= 11 is 0. The lowest BCUT2D eigenvalue weighted by Crippen LogP contribution is -2.48. The number of aromatic nitrogens is 1. The third-order valence-corrected chi connectivity index (χ3v) is 10.5. The molecule has 7 rings (SSSR count). The van der Waals surface area contributed by atoms with Crippen LogP contribution in [0.15, 0.2) is 47.3 Å². The van der Waals surface area contributed by atoms with E-state index in [9.17, 15) is 32.3 Å². The first-order chi connectivity index (χ1) is 23.0. The minimum absolute atomic E-state index is 0.0122. The van der Waals surface area contributed by atoms with Crippen molar-refractivity contribution in [3.05, 3.63) is 64.6 Å². The molecule has 0 radical (unpaired) electrons. The third-order valence-electron chi connectivity index (χ3n) is 10.5. The quantitative estimate of drug-likeness (QED) is 0.264. The molecular formula is C34H37F4N5O5. The molecule has 1 saturated heterocycles. The number of hydrogen-bond acceptors (Lipinski definition) is 8. The van der Waals surface area contributed by atoms with Gasteiger partial charge in [-0.25, -0.2) is 9.37 Å². The Labute approximate surface area is 274 Å². The van der Waals surface area contributed by atoms with Gasteiger partial charge in [0.25, 0.3) is 5.91 Å². The average molecular weight is 672 g/mol. The van der Waals surface area contributed by atoms with Gasteiger partial charge in [0.1, 0.15) is 11.4 Å². The molecule has 3 saturated carbocycles. The van der Waals surface area contributed by atoms with Gasteiger partial charge < -0.3 is 30.2 Å². The number of nitrogens with one attached hydrogen (secondary N) is 2. The zero-order valence-corrected chi connectivity index (χ0v) is 26.3. The molecular weight excluding hydrogens is 634 g/mol. The Kier molecular flexibility index (Phi) is 8.55. The van der Waals surface area contributed by atoms with Crippen molar-refractivity contribution < 1.29 is 41.8 Å². The van der Waals surface area contributed by atoms with E-state index < -0.39 is 41.3 Å². The number of nitrogens with zero attached hydrogens (tertiary/aromatic N) is 3. The van der Waals surface area contributed by atoms with Gasteiger partial charge in [-0.3, -0.25) is 9.59 Å². The van der Waals surface area contributed by atoms with Crippen LogP contribution in [-0.2, 0) is 15.8 Å². The fraction of sp³-hybridized carbons (Fsp3) is 0.529. The summed E-state index contributed by atoms with van der Waals surface area (Å²) in [6.45, 7) is 0.544. The van der Waals surface area contributed by atoms with E-state index in [0.717, 1.165) is 43.7 Å². The van der Waals surface area contributed by atoms with E-state index in [4.69, 9.17) is 9.57 Å². The second-order valence-corrected chi connectivity index (χ2v) is 13.4. The first kappa shape index (κ1) is 32.4. The summed E-state index contributed by atoms with van der Waals surface area (Å²) in [6.07, 6.45) is 4.95. The number of anilines is 1. The monoisotopic (exact) mass is 671 g/mol. The molecule has 2 aliphatic heterocycles. The van der Waals surface area contributed by atoms with Crippen LogP contribution in [0.3, 0.4) is 0 Å². The SMILES string of the molecule is COc1ncc(C2=NO[C@@H]3C[C@H](CO)CN23)cc1C(=O)N[C@H]1[C@@H](C(=O)Nc2ccc(F)c(C(F)(F)F)c2)[C@H]2CC[C@@H]1/C2=C\C1CCCC1. The van der Waals surface area contributed by atoms with Crippen molar-refractivity contribution in [2.75, 3.05) is 25.6 Å². The predicted molar refractivity (Wildman–Crippen MR) is 165 cm³/mol. The van der Waals surface area contributed by atoms with Gasteiger partial charge >= 0.3 is 6.18 Å². The number of amidine groups is 1. The topological polar surface area (TPSA) is 125 Å². The number of hydrogen-bond donors (Lipinski definition) is 3. The highest BCUT2D eigenvalue weighted by Crippen LogP contribution is 2.54. The van der Waals surface area contributed by atoms with E-state index >= 15 is 0 Å². The average Bonchev–Trinajstić information content (AvgIpc) is 3.90. The Bertz CT molecular complexity index is 1660. The van der Waals surface area contributed by atoms with Gasteiger partial charge in [0, 0.05) is 54.9 Å². The number of pyridine rings is 1. The number of ether oxygens (including phenoxy) is 1. The Morgan fingerprint density at radius 1 is 1.15 bits per heavy atom. The Balaban J connectivity index is 1.17. The highest BCUT2D eigenvalue weighted by molar-refractivity contribution is 6.04. The third kappa shape index (κ3) is 5.88. The highest BCUT2D eigenvalue weighted by Gasteiger charge is 2.55. The predicted octanol–water partition coefficient (Wildman–Crippen LogP) is 5.09. The van der Waals surface area contributed by atoms with Crippen molar-refractivity contribution in [1.29, 1.82) is 0 Å². The van der Waals surface area contributed by atoms with Gasteiger partial charge in [0.2, 0.25) is 18.0 Å².